The van der Waals surface area contributed by atoms with Crippen LogP contribution in [0.3, 0.4) is 0 Å². The summed E-state index contributed by atoms with van der Waals surface area (Å²) in [5, 5.41) is 3.15. The number of rotatable bonds is 6. The van der Waals surface area contributed by atoms with Gasteiger partial charge in [-0.3, -0.25) is 0 Å². The van der Waals surface area contributed by atoms with E-state index in [0.717, 1.165) is 17.7 Å². The number of anilines is 2. The number of nitrogens with one attached hydrogen (secondary N) is 1. The van der Waals surface area contributed by atoms with Crippen molar-refractivity contribution in [3.63, 3.8) is 0 Å². The third-order valence-electron chi connectivity index (χ3n) is 2.49. The van der Waals surface area contributed by atoms with Crippen molar-refractivity contribution in [2.24, 2.45) is 0 Å². The Morgan fingerprint density at radius 2 is 2.11 bits per heavy atom. The van der Waals surface area contributed by atoms with Gasteiger partial charge in [0, 0.05) is 23.8 Å². The number of para-hydroxylation sites is 1. The second-order valence-corrected chi connectivity index (χ2v) is 4.25. The molecule has 0 aliphatic heterocycles. The summed E-state index contributed by atoms with van der Waals surface area (Å²) in [4.78, 5) is 8.47. The van der Waals surface area contributed by atoms with E-state index in [4.69, 9.17) is 16.3 Å². The van der Waals surface area contributed by atoms with E-state index in [0.29, 0.717) is 24.3 Å². The van der Waals surface area contributed by atoms with E-state index in [-0.39, 0.29) is 0 Å². The van der Waals surface area contributed by atoms with Gasteiger partial charge in [-0.1, -0.05) is 25.1 Å². The number of nitrogens with zero attached hydrogens (tertiary/aromatic N) is 2. The molecule has 1 N–H and O–H groups in total. The SMILES string of the molecule is CCCOc1ccnc(Nc2ccccc2CCl)n1. The maximum absolute atomic E-state index is 5.89. The van der Waals surface area contributed by atoms with Crippen LogP contribution in [0.4, 0.5) is 11.6 Å². The Hall–Kier alpha value is -1.81. The molecule has 4 nitrogen and oxygen atoms in total. The van der Waals surface area contributed by atoms with Crippen molar-refractivity contribution in [3.05, 3.63) is 42.1 Å². The number of halogens is 1. The second kappa shape index (κ2) is 6.95. The van der Waals surface area contributed by atoms with Crippen molar-refractivity contribution in [1.29, 1.82) is 0 Å². The molecule has 19 heavy (non-hydrogen) atoms. The summed E-state index contributed by atoms with van der Waals surface area (Å²) in [6, 6.07) is 9.54. The molecule has 0 aliphatic rings. The molecular formula is C14H16ClN3O. The minimum Gasteiger partial charge on any atom is -0.478 e. The van der Waals surface area contributed by atoms with Crippen LogP contribution in [0.1, 0.15) is 18.9 Å². The molecule has 0 radical (unpaired) electrons. The van der Waals surface area contributed by atoms with Crippen LogP contribution in [0.15, 0.2) is 36.5 Å². The van der Waals surface area contributed by atoms with Gasteiger partial charge in [0.2, 0.25) is 11.8 Å². The van der Waals surface area contributed by atoms with Crippen molar-refractivity contribution in [1.82, 2.24) is 9.97 Å². The molecule has 2 aromatic rings. The molecule has 1 aromatic heterocycles. The monoisotopic (exact) mass is 277 g/mol. The van der Waals surface area contributed by atoms with Gasteiger partial charge < -0.3 is 10.1 Å². The van der Waals surface area contributed by atoms with Gasteiger partial charge in [0.15, 0.2) is 0 Å². The van der Waals surface area contributed by atoms with E-state index in [1.165, 1.54) is 0 Å². The molecule has 1 aromatic carbocycles. The van der Waals surface area contributed by atoms with Crippen LogP contribution in [0.2, 0.25) is 0 Å². The van der Waals surface area contributed by atoms with Crippen LogP contribution >= 0.6 is 11.6 Å². The molecule has 0 saturated carbocycles. The summed E-state index contributed by atoms with van der Waals surface area (Å²) >= 11 is 5.89. The summed E-state index contributed by atoms with van der Waals surface area (Å²) in [7, 11) is 0. The molecule has 100 valence electrons. The van der Waals surface area contributed by atoms with Gasteiger partial charge in [0.1, 0.15) is 0 Å². The topological polar surface area (TPSA) is 47.0 Å². The average Bonchev–Trinajstić information content (AvgIpc) is 2.46. The molecule has 0 amide bonds. The molecule has 0 unspecified atom stereocenters. The zero-order chi connectivity index (χ0) is 13.5. The van der Waals surface area contributed by atoms with Crippen LogP contribution < -0.4 is 10.1 Å². The van der Waals surface area contributed by atoms with E-state index in [2.05, 4.69) is 22.2 Å². The normalized spacial score (nSPS) is 10.2. The lowest BCUT2D eigenvalue weighted by molar-refractivity contribution is 0.305. The zero-order valence-corrected chi connectivity index (χ0v) is 11.5. The fourth-order valence-corrected chi connectivity index (χ4v) is 1.80. The lowest BCUT2D eigenvalue weighted by Crippen LogP contribution is -2.02. The lowest BCUT2D eigenvalue weighted by atomic mass is 10.2. The van der Waals surface area contributed by atoms with E-state index < -0.39 is 0 Å². The summed E-state index contributed by atoms with van der Waals surface area (Å²) in [5.41, 5.74) is 1.91. The second-order valence-electron chi connectivity index (χ2n) is 3.98. The number of hydrogen-bond acceptors (Lipinski definition) is 4. The quantitative estimate of drug-likeness (QED) is 0.817. The van der Waals surface area contributed by atoms with Crippen molar-refractivity contribution in [2.45, 2.75) is 19.2 Å². The van der Waals surface area contributed by atoms with Gasteiger partial charge in [-0.15, -0.1) is 11.6 Å². The van der Waals surface area contributed by atoms with Gasteiger partial charge in [-0.05, 0) is 18.1 Å². The highest BCUT2D eigenvalue weighted by molar-refractivity contribution is 6.17. The Kier molecular flexibility index (Phi) is 4.98. The summed E-state index contributed by atoms with van der Waals surface area (Å²) in [6.45, 7) is 2.70. The van der Waals surface area contributed by atoms with Crippen LogP contribution in [0.5, 0.6) is 5.88 Å². The smallest absolute Gasteiger partial charge is 0.230 e. The highest BCUT2D eigenvalue weighted by Crippen LogP contribution is 2.21. The minimum absolute atomic E-state index is 0.440. The molecule has 1 heterocycles. The van der Waals surface area contributed by atoms with Crippen LogP contribution in [-0.4, -0.2) is 16.6 Å². The molecule has 0 atom stereocenters. The van der Waals surface area contributed by atoms with E-state index in [1.807, 2.05) is 24.3 Å². The molecule has 0 fully saturated rings. The van der Waals surface area contributed by atoms with Gasteiger partial charge >= 0.3 is 0 Å². The highest BCUT2D eigenvalue weighted by atomic mass is 35.5. The summed E-state index contributed by atoms with van der Waals surface area (Å²) in [6.07, 6.45) is 2.62. The Morgan fingerprint density at radius 3 is 2.89 bits per heavy atom. The Morgan fingerprint density at radius 1 is 1.26 bits per heavy atom. The highest BCUT2D eigenvalue weighted by Gasteiger charge is 2.04. The maximum Gasteiger partial charge on any atom is 0.230 e. The van der Waals surface area contributed by atoms with Gasteiger partial charge in [-0.2, -0.15) is 4.98 Å². The van der Waals surface area contributed by atoms with Crippen molar-refractivity contribution in [2.75, 3.05) is 11.9 Å². The predicted molar refractivity (Wildman–Crippen MR) is 77.1 cm³/mol. The summed E-state index contributed by atoms with van der Waals surface area (Å²) < 4.78 is 5.47. The Labute approximate surface area is 117 Å². The number of ether oxygens (including phenoxy) is 1. The standard InChI is InChI=1S/C14H16ClN3O/c1-2-9-19-13-7-8-16-14(18-13)17-12-6-4-3-5-11(12)10-15/h3-8H,2,9-10H2,1H3,(H,16,17,18). The average molecular weight is 278 g/mol. The molecule has 0 spiro atoms. The molecule has 0 aliphatic carbocycles. The molecule has 0 saturated heterocycles. The van der Waals surface area contributed by atoms with Gasteiger partial charge in [-0.25, -0.2) is 4.98 Å². The molecule has 5 heteroatoms. The first-order valence-corrected chi connectivity index (χ1v) is 6.73. The molecule has 0 bridgehead atoms. The van der Waals surface area contributed by atoms with Gasteiger partial charge in [0.05, 0.1) is 6.61 Å². The fourth-order valence-electron chi connectivity index (χ4n) is 1.57. The van der Waals surface area contributed by atoms with E-state index in [9.17, 15) is 0 Å². The number of aromatic nitrogens is 2. The lowest BCUT2D eigenvalue weighted by Gasteiger charge is -2.09. The first kappa shape index (κ1) is 13.6. The van der Waals surface area contributed by atoms with E-state index >= 15 is 0 Å². The molecule has 2 rings (SSSR count). The van der Waals surface area contributed by atoms with E-state index in [1.54, 1.807) is 12.3 Å². The fraction of sp³-hybridized carbons (Fsp3) is 0.286. The summed E-state index contributed by atoms with van der Waals surface area (Å²) in [5.74, 6) is 1.52. The Bertz CT molecular complexity index is 534. The largest absolute Gasteiger partial charge is 0.478 e. The van der Waals surface area contributed by atoms with Crippen LogP contribution in [-0.2, 0) is 5.88 Å². The zero-order valence-electron chi connectivity index (χ0n) is 10.8. The number of hydrogen-bond donors (Lipinski definition) is 1. The predicted octanol–water partition coefficient (Wildman–Crippen LogP) is 3.75. The van der Waals surface area contributed by atoms with Crippen molar-refractivity contribution < 1.29 is 4.74 Å². The molecular weight excluding hydrogens is 262 g/mol. The Balaban J connectivity index is 2.14. The first-order chi connectivity index (χ1) is 9.33. The number of benzene rings is 1. The first-order valence-electron chi connectivity index (χ1n) is 6.20. The van der Waals surface area contributed by atoms with Crippen molar-refractivity contribution >= 4 is 23.2 Å². The maximum atomic E-state index is 5.89. The van der Waals surface area contributed by atoms with Crippen LogP contribution in [0, 0.1) is 0 Å². The van der Waals surface area contributed by atoms with Crippen LogP contribution in [0.25, 0.3) is 0 Å². The van der Waals surface area contributed by atoms with Crippen molar-refractivity contribution in [3.8, 4) is 5.88 Å². The third-order valence-corrected chi connectivity index (χ3v) is 2.78. The van der Waals surface area contributed by atoms with Gasteiger partial charge in [0.25, 0.3) is 0 Å². The number of alkyl halides is 1. The third kappa shape index (κ3) is 3.83. The minimum atomic E-state index is 0.440.